The van der Waals surface area contributed by atoms with Crippen LogP contribution in [0.1, 0.15) is 32.1 Å². The van der Waals surface area contributed by atoms with E-state index >= 15 is 0 Å². The quantitative estimate of drug-likeness (QED) is 0.141. The minimum Gasteiger partial charge on any atom is -0.481 e. The van der Waals surface area contributed by atoms with Crippen molar-refractivity contribution < 1.29 is 39.2 Å². The minimum absolute atomic E-state index is 0.390. The number of aliphatic hydroxyl groups is 1. The molecule has 0 aromatic carbocycles. The molecule has 0 aromatic heterocycles. The van der Waals surface area contributed by atoms with Crippen LogP contribution < -0.4 is 22.9 Å². The topological polar surface area (TPSA) is 242 Å². The van der Waals surface area contributed by atoms with Crippen LogP contribution in [0.5, 0.6) is 0 Å². The van der Waals surface area contributed by atoms with E-state index in [0.717, 1.165) is 0 Å². The summed E-state index contributed by atoms with van der Waals surface area (Å²) in [5.74, 6) is -4.36. The summed E-state index contributed by atoms with van der Waals surface area (Å²) in [6.45, 7) is 0.871. The van der Waals surface area contributed by atoms with Crippen LogP contribution in [0.3, 0.4) is 0 Å². The fraction of sp³-hybridized carbons (Fsp3) is 0.714. The smallest absolute Gasteiger partial charge is 0.333 e. The molecule has 0 amide bonds. The molecular weight excluding hydrogens is 352 g/mol. The average Bonchev–Trinajstić information content (AvgIpc) is 2.57. The Hall–Kier alpha value is -2.12. The van der Waals surface area contributed by atoms with E-state index in [1.807, 2.05) is 0 Å². The lowest BCUT2D eigenvalue weighted by Crippen LogP contribution is -2.39. The monoisotopic (exact) mass is 380 g/mol. The average molecular weight is 380 g/mol. The first-order valence-corrected chi connectivity index (χ1v) is 7.86. The summed E-state index contributed by atoms with van der Waals surface area (Å²) in [4.78, 5) is 42.1. The number of rotatable bonds is 11. The zero-order valence-electron chi connectivity index (χ0n) is 14.4. The van der Waals surface area contributed by atoms with Crippen molar-refractivity contribution in [2.45, 2.75) is 50.3 Å². The maximum absolute atomic E-state index is 11.3. The summed E-state index contributed by atoms with van der Waals surface area (Å²) in [5.41, 5.74) is 21.6. The van der Waals surface area contributed by atoms with Gasteiger partial charge < -0.3 is 43.0 Å². The largest absolute Gasteiger partial charge is 0.481 e. The van der Waals surface area contributed by atoms with E-state index in [9.17, 15) is 19.2 Å². The molecule has 0 saturated heterocycles. The molecule has 3 atom stereocenters. The molecule has 26 heavy (non-hydrogen) atoms. The van der Waals surface area contributed by atoms with Crippen molar-refractivity contribution in [2.24, 2.45) is 22.9 Å². The molecule has 0 fully saturated rings. The van der Waals surface area contributed by atoms with E-state index in [2.05, 4.69) is 4.74 Å². The fourth-order valence-corrected chi connectivity index (χ4v) is 1.41. The van der Waals surface area contributed by atoms with Gasteiger partial charge in [0.05, 0.1) is 6.42 Å². The van der Waals surface area contributed by atoms with Gasteiger partial charge in [0.15, 0.2) is 6.10 Å². The normalized spacial score (nSPS) is 13.6. The van der Waals surface area contributed by atoms with Gasteiger partial charge in [0, 0.05) is 0 Å². The number of carboxylic acid groups (broad SMARTS) is 2. The van der Waals surface area contributed by atoms with Gasteiger partial charge >= 0.3 is 23.9 Å². The molecule has 0 bridgehead atoms. The lowest BCUT2D eigenvalue weighted by atomic mass is 10.1. The number of hydrogen-bond donors (Lipinski definition) is 7. The van der Waals surface area contributed by atoms with Crippen LogP contribution in [0.15, 0.2) is 0 Å². The molecule has 0 aliphatic rings. The van der Waals surface area contributed by atoms with E-state index in [1.165, 1.54) is 0 Å². The second-order valence-electron chi connectivity index (χ2n) is 5.27. The maximum atomic E-state index is 11.3. The predicted octanol–water partition coefficient (Wildman–Crippen LogP) is -2.90. The van der Waals surface area contributed by atoms with Crippen molar-refractivity contribution in [2.75, 3.05) is 13.1 Å². The van der Waals surface area contributed by atoms with Crippen LogP contribution in [-0.4, -0.2) is 70.5 Å². The first kappa shape index (κ1) is 26.1. The number of ether oxygens (including phenoxy) is 1. The molecule has 0 spiro atoms. The van der Waals surface area contributed by atoms with Crippen molar-refractivity contribution in [3.05, 3.63) is 0 Å². The summed E-state index contributed by atoms with van der Waals surface area (Å²) in [6.07, 6.45) is -0.563. The molecule has 1 unspecified atom stereocenters. The zero-order chi connectivity index (χ0) is 20.7. The highest BCUT2D eigenvalue weighted by Gasteiger charge is 2.22. The zero-order valence-corrected chi connectivity index (χ0v) is 14.4. The molecule has 11 N–H and O–H groups in total. The summed E-state index contributed by atoms with van der Waals surface area (Å²) >= 11 is 0. The Kier molecular flexibility index (Phi) is 15.2. The maximum Gasteiger partial charge on any atom is 0.333 e. The number of carbonyl (C=O) groups is 4. The Morgan fingerprint density at radius 2 is 1.23 bits per heavy atom. The van der Waals surface area contributed by atoms with Gasteiger partial charge in [-0.1, -0.05) is 0 Å². The van der Waals surface area contributed by atoms with Crippen LogP contribution in [-0.2, 0) is 23.9 Å². The molecular formula is C14H28N4O8. The first-order chi connectivity index (χ1) is 12.1. The summed E-state index contributed by atoms with van der Waals surface area (Å²) in [7, 11) is 0. The SMILES string of the molecule is NCCC[C@H](N)C(=O)OC(=O)[C@@H](N)CCCN.O=C(O)CC(O)C(=O)O. The van der Waals surface area contributed by atoms with Gasteiger partial charge in [-0.25, -0.2) is 14.4 Å². The second-order valence-corrected chi connectivity index (χ2v) is 5.27. The molecule has 0 rings (SSSR count). The molecule has 0 heterocycles. The van der Waals surface area contributed by atoms with Crippen molar-refractivity contribution in [1.29, 1.82) is 0 Å². The van der Waals surface area contributed by atoms with Crippen LogP contribution in [0.4, 0.5) is 0 Å². The molecule has 0 aliphatic heterocycles. The van der Waals surface area contributed by atoms with E-state index in [1.54, 1.807) is 0 Å². The van der Waals surface area contributed by atoms with Gasteiger partial charge in [0.25, 0.3) is 0 Å². The van der Waals surface area contributed by atoms with E-state index in [0.29, 0.717) is 38.8 Å². The summed E-state index contributed by atoms with van der Waals surface area (Å²) < 4.78 is 4.56. The third kappa shape index (κ3) is 14.2. The van der Waals surface area contributed by atoms with Gasteiger partial charge in [0.1, 0.15) is 12.1 Å². The lowest BCUT2D eigenvalue weighted by molar-refractivity contribution is -0.161. The second kappa shape index (κ2) is 15.2. The van der Waals surface area contributed by atoms with Gasteiger partial charge in [0.2, 0.25) is 0 Å². The molecule has 12 nitrogen and oxygen atoms in total. The lowest BCUT2D eigenvalue weighted by Gasteiger charge is -2.12. The summed E-state index contributed by atoms with van der Waals surface area (Å²) in [5, 5.41) is 24.1. The highest BCUT2D eigenvalue weighted by Crippen LogP contribution is 2.00. The van der Waals surface area contributed by atoms with Crippen molar-refractivity contribution in [1.82, 2.24) is 0 Å². The molecule has 0 saturated carbocycles. The van der Waals surface area contributed by atoms with E-state index in [-0.39, 0.29) is 0 Å². The highest BCUT2D eigenvalue weighted by atomic mass is 16.6. The Morgan fingerprint density at radius 1 is 0.846 bits per heavy atom. The molecule has 152 valence electrons. The summed E-state index contributed by atoms with van der Waals surface area (Å²) in [6, 6.07) is -1.66. The standard InChI is InChI=1S/C10H22N4O3.C4H6O5/c11-5-1-3-7(13)9(15)17-10(16)8(14)4-2-6-12;5-2(4(8)9)1-3(6)7/h7-8H,1-6,11-14H2;2,5H,1H2,(H,6,7)(H,8,9)/t7-,8-;/m0./s1. The highest BCUT2D eigenvalue weighted by molar-refractivity contribution is 5.90. The minimum atomic E-state index is -1.79. The number of carboxylic acids is 2. The van der Waals surface area contributed by atoms with Crippen molar-refractivity contribution >= 4 is 23.9 Å². The number of carbonyl (C=O) groups excluding carboxylic acids is 2. The number of hydrogen-bond acceptors (Lipinski definition) is 10. The van der Waals surface area contributed by atoms with Crippen LogP contribution in [0.2, 0.25) is 0 Å². The third-order valence-corrected chi connectivity index (χ3v) is 2.90. The van der Waals surface area contributed by atoms with Crippen LogP contribution in [0.25, 0.3) is 0 Å². The third-order valence-electron chi connectivity index (χ3n) is 2.90. The van der Waals surface area contributed by atoms with Crippen molar-refractivity contribution in [3.8, 4) is 0 Å². The van der Waals surface area contributed by atoms with Crippen molar-refractivity contribution in [3.63, 3.8) is 0 Å². The van der Waals surface area contributed by atoms with Gasteiger partial charge in [-0.15, -0.1) is 0 Å². The van der Waals surface area contributed by atoms with E-state index in [4.69, 9.17) is 38.3 Å². The van der Waals surface area contributed by atoms with Crippen LogP contribution >= 0.6 is 0 Å². The Balaban J connectivity index is 0. The molecule has 0 radical (unpaired) electrons. The molecule has 12 heteroatoms. The Morgan fingerprint density at radius 3 is 1.46 bits per heavy atom. The number of aliphatic carboxylic acids is 2. The number of nitrogens with two attached hydrogens (primary N) is 4. The van der Waals surface area contributed by atoms with Gasteiger partial charge in [-0.2, -0.15) is 0 Å². The molecule has 0 aliphatic carbocycles. The fourth-order valence-electron chi connectivity index (χ4n) is 1.41. The van der Waals surface area contributed by atoms with Crippen LogP contribution in [0, 0.1) is 0 Å². The Bertz CT molecular complexity index is 436. The number of aliphatic hydroxyl groups excluding tert-OH is 1. The first-order valence-electron chi connectivity index (χ1n) is 7.86. The van der Waals surface area contributed by atoms with E-state index < -0.39 is 48.5 Å². The molecule has 0 aromatic rings. The predicted molar refractivity (Wildman–Crippen MR) is 89.5 cm³/mol. The van der Waals surface area contributed by atoms with Gasteiger partial charge in [-0.3, -0.25) is 4.79 Å². The van der Waals surface area contributed by atoms with Gasteiger partial charge in [-0.05, 0) is 38.8 Å². The Labute approximate surface area is 150 Å². The number of esters is 2.